The number of carbonyl (C=O) groups excluding carboxylic acids is 1. The second-order valence-electron chi connectivity index (χ2n) is 5.39. The number of hydrogen-bond acceptors (Lipinski definition) is 4. The van der Waals surface area contributed by atoms with Gasteiger partial charge in [0, 0.05) is 0 Å². The molecule has 0 aromatic heterocycles. The first-order valence-corrected chi connectivity index (χ1v) is 8.81. The number of hydrogen-bond donors (Lipinski definition) is 2. The summed E-state index contributed by atoms with van der Waals surface area (Å²) in [5.74, 6) is 0.0323. The van der Waals surface area contributed by atoms with E-state index < -0.39 is 15.9 Å². The van der Waals surface area contributed by atoms with Gasteiger partial charge in [-0.2, -0.15) is 0 Å². The van der Waals surface area contributed by atoms with Crippen LogP contribution < -0.4 is 14.8 Å². The van der Waals surface area contributed by atoms with Gasteiger partial charge in [0.25, 0.3) is 0 Å². The first kappa shape index (κ1) is 18.0. The van der Waals surface area contributed by atoms with Crippen molar-refractivity contribution in [3.05, 3.63) is 53.6 Å². The van der Waals surface area contributed by atoms with Gasteiger partial charge in [-0.1, -0.05) is 23.8 Å². The van der Waals surface area contributed by atoms with Crippen LogP contribution in [0.15, 0.2) is 47.4 Å². The summed E-state index contributed by atoms with van der Waals surface area (Å²) in [5.41, 5.74) is 2.40. The lowest BCUT2D eigenvalue weighted by atomic mass is 10.2. The van der Waals surface area contributed by atoms with Gasteiger partial charge < -0.3 is 10.1 Å². The zero-order valence-electron chi connectivity index (χ0n) is 13.8. The first-order valence-electron chi connectivity index (χ1n) is 7.32. The van der Waals surface area contributed by atoms with Crippen LogP contribution in [0.3, 0.4) is 0 Å². The van der Waals surface area contributed by atoms with Crippen molar-refractivity contribution in [2.75, 3.05) is 19.0 Å². The van der Waals surface area contributed by atoms with Gasteiger partial charge in [0.15, 0.2) is 0 Å². The Kier molecular flexibility index (Phi) is 5.58. The van der Waals surface area contributed by atoms with Gasteiger partial charge in [-0.25, -0.2) is 13.1 Å². The molecule has 0 heterocycles. The summed E-state index contributed by atoms with van der Waals surface area (Å²) in [6.45, 7) is 3.38. The number of amides is 1. The Balaban J connectivity index is 2.03. The number of anilines is 1. The fourth-order valence-electron chi connectivity index (χ4n) is 2.08. The van der Waals surface area contributed by atoms with Crippen molar-refractivity contribution in [1.29, 1.82) is 0 Å². The second-order valence-corrected chi connectivity index (χ2v) is 7.16. The van der Waals surface area contributed by atoms with Gasteiger partial charge in [0.2, 0.25) is 15.9 Å². The van der Waals surface area contributed by atoms with Crippen molar-refractivity contribution < 1.29 is 17.9 Å². The zero-order chi connectivity index (χ0) is 17.7. The summed E-state index contributed by atoms with van der Waals surface area (Å²) in [6, 6.07) is 11.7. The summed E-state index contributed by atoms with van der Waals surface area (Å²) in [5, 5.41) is 2.64. The largest absolute Gasteiger partial charge is 0.495 e. The van der Waals surface area contributed by atoms with Gasteiger partial charge in [-0.05, 0) is 43.7 Å². The lowest BCUT2D eigenvalue weighted by molar-refractivity contribution is -0.115. The number of benzene rings is 2. The van der Waals surface area contributed by atoms with Gasteiger partial charge in [0.1, 0.15) is 5.75 Å². The number of nitrogens with one attached hydrogen (secondary N) is 2. The number of methoxy groups -OCH3 is 1. The molecule has 0 unspecified atom stereocenters. The number of rotatable bonds is 6. The van der Waals surface area contributed by atoms with Gasteiger partial charge >= 0.3 is 0 Å². The predicted octanol–water partition coefficient (Wildman–Crippen LogP) is 2.23. The molecule has 1 amide bonds. The van der Waals surface area contributed by atoms with Crippen molar-refractivity contribution in [2.45, 2.75) is 18.7 Å². The van der Waals surface area contributed by atoms with Crippen molar-refractivity contribution >= 4 is 21.6 Å². The Morgan fingerprint density at radius 1 is 1.04 bits per heavy atom. The van der Waals surface area contributed by atoms with Crippen LogP contribution in [0.4, 0.5) is 5.69 Å². The van der Waals surface area contributed by atoms with Crippen LogP contribution >= 0.6 is 0 Å². The zero-order valence-corrected chi connectivity index (χ0v) is 14.6. The second kappa shape index (κ2) is 7.46. The third kappa shape index (κ3) is 4.56. The molecule has 128 valence electrons. The molecule has 2 aromatic rings. The molecule has 2 N–H and O–H groups in total. The van der Waals surface area contributed by atoms with Crippen LogP contribution in [0, 0.1) is 13.8 Å². The Morgan fingerprint density at radius 3 is 2.29 bits per heavy atom. The third-order valence-corrected chi connectivity index (χ3v) is 4.80. The number of ether oxygens (including phenoxy) is 1. The van der Waals surface area contributed by atoms with Crippen molar-refractivity contribution in [3.8, 4) is 5.75 Å². The van der Waals surface area contributed by atoms with Crippen LogP contribution in [-0.4, -0.2) is 28.0 Å². The monoisotopic (exact) mass is 348 g/mol. The highest BCUT2D eigenvalue weighted by molar-refractivity contribution is 7.89. The SMILES string of the molecule is COc1ccc(C)cc1NC(=O)CNS(=O)(=O)c1ccc(C)cc1. The molecule has 0 fully saturated rings. The van der Waals surface area contributed by atoms with Crippen LogP contribution in [0.5, 0.6) is 5.75 Å². The van der Waals surface area contributed by atoms with Crippen LogP contribution in [0.25, 0.3) is 0 Å². The minimum Gasteiger partial charge on any atom is -0.495 e. The summed E-state index contributed by atoms with van der Waals surface area (Å²) in [4.78, 5) is 12.1. The fraction of sp³-hybridized carbons (Fsp3) is 0.235. The van der Waals surface area contributed by atoms with Crippen molar-refractivity contribution in [2.24, 2.45) is 0 Å². The third-order valence-electron chi connectivity index (χ3n) is 3.38. The Hall–Kier alpha value is -2.38. The molecule has 0 atom stereocenters. The maximum Gasteiger partial charge on any atom is 0.241 e. The molecule has 0 saturated carbocycles. The lowest BCUT2D eigenvalue weighted by Crippen LogP contribution is -2.33. The van der Waals surface area contributed by atoms with Gasteiger partial charge in [0.05, 0.1) is 24.2 Å². The quantitative estimate of drug-likeness (QED) is 0.838. The first-order chi connectivity index (χ1) is 11.3. The molecule has 7 heteroatoms. The number of carbonyl (C=O) groups is 1. The normalized spacial score (nSPS) is 11.1. The van der Waals surface area contributed by atoms with E-state index in [1.54, 1.807) is 24.3 Å². The van der Waals surface area contributed by atoms with Crippen LogP contribution in [0.1, 0.15) is 11.1 Å². The van der Waals surface area contributed by atoms with Crippen molar-refractivity contribution in [1.82, 2.24) is 4.72 Å². The molecular formula is C17H20N2O4S. The van der Waals surface area contributed by atoms with Gasteiger partial charge in [-0.3, -0.25) is 4.79 Å². The van der Waals surface area contributed by atoms with E-state index in [9.17, 15) is 13.2 Å². The van der Waals surface area contributed by atoms with Crippen molar-refractivity contribution in [3.63, 3.8) is 0 Å². The molecule has 0 spiro atoms. The lowest BCUT2D eigenvalue weighted by Gasteiger charge is -2.12. The van der Waals surface area contributed by atoms with E-state index in [0.717, 1.165) is 11.1 Å². The molecule has 0 aliphatic rings. The summed E-state index contributed by atoms with van der Waals surface area (Å²) in [6.07, 6.45) is 0. The highest BCUT2D eigenvalue weighted by Crippen LogP contribution is 2.24. The minimum atomic E-state index is -3.73. The van der Waals surface area contributed by atoms with Gasteiger partial charge in [-0.15, -0.1) is 0 Å². The smallest absolute Gasteiger partial charge is 0.241 e. The van der Waals surface area contributed by atoms with E-state index in [0.29, 0.717) is 11.4 Å². The van der Waals surface area contributed by atoms with E-state index in [1.807, 2.05) is 19.9 Å². The van der Waals surface area contributed by atoms with E-state index in [2.05, 4.69) is 10.0 Å². The molecule has 0 aliphatic carbocycles. The average Bonchev–Trinajstić information content (AvgIpc) is 2.54. The molecule has 0 saturated heterocycles. The fourth-order valence-corrected chi connectivity index (χ4v) is 3.06. The average molecular weight is 348 g/mol. The van der Waals surface area contributed by atoms with Crippen LogP contribution in [-0.2, 0) is 14.8 Å². The Morgan fingerprint density at radius 2 is 1.67 bits per heavy atom. The highest BCUT2D eigenvalue weighted by Gasteiger charge is 2.16. The highest BCUT2D eigenvalue weighted by atomic mass is 32.2. The summed E-state index contributed by atoms with van der Waals surface area (Å²) < 4.78 is 31.8. The topological polar surface area (TPSA) is 84.5 Å². The summed E-state index contributed by atoms with van der Waals surface area (Å²) >= 11 is 0. The molecule has 0 bridgehead atoms. The Bertz CT molecular complexity index is 830. The molecule has 2 rings (SSSR count). The standard InChI is InChI=1S/C17H20N2O4S/c1-12-4-7-14(8-5-12)24(21,22)18-11-17(20)19-15-10-13(2)6-9-16(15)23-3/h4-10,18H,11H2,1-3H3,(H,19,20). The maximum atomic E-state index is 12.2. The predicted molar refractivity (Wildman–Crippen MR) is 92.7 cm³/mol. The Labute approximate surface area is 141 Å². The molecule has 24 heavy (non-hydrogen) atoms. The molecule has 0 radical (unpaired) electrons. The van der Waals surface area contributed by atoms with E-state index in [4.69, 9.17) is 4.74 Å². The molecule has 2 aromatic carbocycles. The summed E-state index contributed by atoms with van der Waals surface area (Å²) in [7, 11) is -2.23. The number of aryl methyl sites for hydroxylation is 2. The molecular weight excluding hydrogens is 328 g/mol. The van der Waals surface area contributed by atoms with Crippen LogP contribution in [0.2, 0.25) is 0 Å². The van der Waals surface area contributed by atoms with E-state index in [-0.39, 0.29) is 11.4 Å². The van der Waals surface area contributed by atoms with E-state index in [1.165, 1.54) is 19.2 Å². The minimum absolute atomic E-state index is 0.119. The number of sulfonamides is 1. The van der Waals surface area contributed by atoms with E-state index >= 15 is 0 Å². The maximum absolute atomic E-state index is 12.2. The molecule has 6 nitrogen and oxygen atoms in total. The molecule has 0 aliphatic heterocycles.